The Morgan fingerprint density at radius 1 is 0.449 bits per heavy atom. The van der Waals surface area contributed by atoms with Crippen LogP contribution in [0.2, 0.25) is 0 Å². The van der Waals surface area contributed by atoms with Crippen LogP contribution >= 0.6 is 0 Å². The molecule has 0 amide bonds. The standard InChI is InChI=1S/C46H29NO2/c1-3-12-30(13-4-1)31-22-24-33(25-23-31)47(34-26-27-37-36-17-9-10-20-42(36)48-44(37)28-34)41-19-11-21-43-45(41)40-29-39(32-14-5-2-6-15-32)35-16-7-8-18-38(35)46(40)49-43/h1-29H/i1D,3D,4D,9D,10D,12D,13D,17D,20D,22D,23D,24D,25D,26D,27D,28D. The number of nitrogens with zero attached hydrogens (tertiary/aromatic N) is 1. The Labute approximate surface area is 305 Å². The maximum atomic E-state index is 9.72. The van der Waals surface area contributed by atoms with Gasteiger partial charge in [-0.15, -0.1) is 0 Å². The molecule has 2 heterocycles. The fourth-order valence-electron chi connectivity index (χ4n) is 6.34. The van der Waals surface area contributed by atoms with Crippen molar-refractivity contribution in [3.63, 3.8) is 0 Å². The molecule has 0 saturated heterocycles. The summed E-state index contributed by atoms with van der Waals surface area (Å²) in [4.78, 5) is 1.12. The summed E-state index contributed by atoms with van der Waals surface area (Å²) in [6.45, 7) is 0. The van der Waals surface area contributed by atoms with Crippen LogP contribution in [0.1, 0.15) is 21.9 Å². The van der Waals surface area contributed by atoms with Crippen molar-refractivity contribution < 1.29 is 30.8 Å². The van der Waals surface area contributed by atoms with E-state index >= 15 is 0 Å². The van der Waals surface area contributed by atoms with Crippen LogP contribution in [-0.4, -0.2) is 0 Å². The van der Waals surface area contributed by atoms with E-state index in [0.717, 1.165) is 26.8 Å². The van der Waals surface area contributed by atoms with Crippen LogP contribution in [0.4, 0.5) is 17.1 Å². The minimum Gasteiger partial charge on any atom is -0.456 e. The molecule has 10 rings (SSSR count). The van der Waals surface area contributed by atoms with Gasteiger partial charge >= 0.3 is 0 Å². The molecule has 0 spiro atoms. The molecule has 0 aliphatic rings. The van der Waals surface area contributed by atoms with E-state index in [1.54, 1.807) is 18.2 Å². The molecule has 0 fully saturated rings. The van der Waals surface area contributed by atoms with E-state index < -0.39 is 125 Å². The molecule has 2 aromatic heterocycles. The predicted octanol–water partition coefficient (Wildman–Crippen LogP) is 13.4. The Bertz CT molecular complexity index is 3690. The van der Waals surface area contributed by atoms with Crippen molar-refractivity contribution in [3.8, 4) is 22.3 Å². The minimum absolute atomic E-state index is 0.0630. The molecule has 49 heavy (non-hydrogen) atoms. The van der Waals surface area contributed by atoms with Crippen LogP contribution in [0.3, 0.4) is 0 Å². The highest BCUT2D eigenvalue weighted by atomic mass is 16.3. The van der Waals surface area contributed by atoms with E-state index in [0.29, 0.717) is 16.4 Å². The molecule has 0 aliphatic heterocycles. The van der Waals surface area contributed by atoms with Crippen LogP contribution < -0.4 is 4.90 Å². The second kappa shape index (κ2) is 11.0. The Morgan fingerprint density at radius 2 is 1.16 bits per heavy atom. The highest BCUT2D eigenvalue weighted by Gasteiger charge is 2.22. The number of hydrogen-bond donors (Lipinski definition) is 0. The highest BCUT2D eigenvalue weighted by molar-refractivity contribution is 6.22. The normalized spacial score (nSPS) is 16.2. The monoisotopic (exact) mass is 643 g/mol. The smallest absolute Gasteiger partial charge is 0.143 e. The van der Waals surface area contributed by atoms with Gasteiger partial charge in [0.15, 0.2) is 0 Å². The molecule has 8 aromatic carbocycles. The third-order valence-electron chi connectivity index (χ3n) is 8.49. The summed E-state index contributed by atoms with van der Waals surface area (Å²) in [5.74, 6) is 0. The lowest BCUT2D eigenvalue weighted by Crippen LogP contribution is -2.10. The second-order valence-corrected chi connectivity index (χ2v) is 11.3. The van der Waals surface area contributed by atoms with Crippen molar-refractivity contribution in [1.29, 1.82) is 0 Å². The third kappa shape index (κ3) is 4.44. The van der Waals surface area contributed by atoms with Gasteiger partial charge in [0.25, 0.3) is 0 Å². The summed E-state index contributed by atoms with van der Waals surface area (Å²) >= 11 is 0. The second-order valence-electron chi connectivity index (χ2n) is 11.3. The number of hydrogen-bond acceptors (Lipinski definition) is 3. The summed E-state index contributed by atoms with van der Waals surface area (Å²) in [5, 5.41) is 1.95. The van der Waals surface area contributed by atoms with Gasteiger partial charge < -0.3 is 13.7 Å². The van der Waals surface area contributed by atoms with Crippen LogP contribution in [0.15, 0.2) is 184 Å². The van der Waals surface area contributed by atoms with Crippen molar-refractivity contribution in [2.45, 2.75) is 0 Å². The molecule has 3 nitrogen and oxygen atoms in total. The van der Waals surface area contributed by atoms with Crippen molar-refractivity contribution in [2.24, 2.45) is 0 Å². The van der Waals surface area contributed by atoms with E-state index in [1.807, 2.05) is 60.7 Å². The zero-order chi connectivity index (χ0) is 46.2. The molecule has 0 atom stereocenters. The average Bonchev–Trinajstić information content (AvgIpc) is 3.91. The van der Waals surface area contributed by atoms with Gasteiger partial charge in [0.2, 0.25) is 0 Å². The third-order valence-corrected chi connectivity index (χ3v) is 8.49. The van der Waals surface area contributed by atoms with Gasteiger partial charge in [-0.25, -0.2) is 0 Å². The fourth-order valence-corrected chi connectivity index (χ4v) is 6.34. The first-order chi connectivity index (χ1) is 31.0. The van der Waals surface area contributed by atoms with Gasteiger partial charge in [0.1, 0.15) is 22.3 Å². The van der Waals surface area contributed by atoms with Crippen molar-refractivity contribution in [2.75, 3.05) is 4.90 Å². The lowest BCUT2D eigenvalue weighted by Gasteiger charge is -2.26. The Balaban J connectivity index is 1.38. The number of para-hydroxylation sites is 1. The average molecular weight is 644 g/mol. The zero-order valence-corrected chi connectivity index (χ0v) is 25.3. The molecule has 10 aromatic rings. The van der Waals surface area contributed by atoms with Crippen LogP contribution in [-0.2, 0) is 0 Å². The molecular formula is C46H29NO2. The van der Waals surface area contributed by atoms with Crippen molar-refractivity contribution in [3.05, 3.63) is 176 Å². The van der Waals surface area contributed by atoms with Crippen molar-refractivity contribution in [1.82, 2.24) is 0 Å². The maximum Gasteiger partial charge on any atom is 0.143 e. The van der Waals surface area contributed by atoms with Crippen molar-refractivity contribution >= 4 is 71.7 Å². The number of rotatable bonds is 5. The van der Waals surface area contributed by atoms with E-state index in [2.05, 4.69) is 0 Å². The van der Waals surface area contributed by atoms with Gasteiger partial charge in [-0.05, 0) is 76.1 Å². The van der Waals surface area contributed by atoms with Gasteiger partial charge in [0.05, 0.1) is 33.0 Å². The van der Waals surface area contributed by atoms with Gasteiger partial charge in [-0.2, -0.15) is 0 Å². The summed E-state index contributed by atoms with van der Waals surface area (Å²) < 4.78 is 155. The SMILES string of the molecule is [2H]c1c([2H])c([2H])c(-c2c([2H])c([2H])c(N(c3c([2H])c([2H])c4c(oc5c([2H])c([2H])c([2H])c([2H])c54)c3[2H])c3cccc4oc5c6ccccc6c(-c6ccccc6)cc5c34)c([2H])c2[2H])c([2H])c1[2H]. The van der Waals surface area contributed by atoms with Gasteiger partial charge in [0, 0.05) is 39.0 Å². The number of anilines is 3. The Hall–Kier alpha value is -6.58. The van der Waals surface area contributed by atoms with Crippen LogP contribution in [0, 0.1) is 0 Å². The Morgan fingerprint density at radius 3 is 2.02 bits per heavy atom. The number of benzene rings is 8. The molecule has 0 N–H and O–H groups in total. The van der Waals surface area contributed by atoms with Crippen LogP contribution in [0.5, 0.6) is 0 Å². The highest BCUT2D eigenvalue weighted by Crippen LogP contribution is 2.47. The number of furan rings is 2. The lowest BCUT2D eigenvalue weighted by atomic mass is 9.95. The topological polar surface area (TPSA) is 29.5 Å². The zero-order valence-electron chi connectivity index (χ0n) is 41.3. The summed E-state index contributed by atoms with van der Waals surface area (Å²) in [5.41, 5.74) is -0.543. The van der Waals surface area contributed by atoms with E-state index in [-0.39, 0.29) is 27.6 Å². The lowest BCUT2D eigenvalue weighted by molar-refractivity contribution is 0.669. The van der Waals surface area contributed by atoms with E-state index in [1.165, 1.54) is 0 Å². The van der Waals surface area contributed by atoms with Gasteiger partial charge in [-0.1, -0.05) is 121 Å². The summed E-state index contributed by atoms with van der Waals surface area (Å²) in [6, 6.07) is 12.5. The predicted molar refractivity (Wildman–Crippen MR) is 204 cm³/mol. The summed E-state index contributed by atoms with van der Waals surface area (Å²) in [6.07, 6.45) is 0. The molecule has 3 heteroatoms. The maximum absolute atomic E-state index is 9.72. The quantitative estimate of drug-likeness (QED) is 0.187. The van der Waals surface area contributed by atoms with Gasteiger partial charge in [-0.3, -0.25) is 0 Å². The molecule has 0 radical (unpaired) electrons. The summed E-state index contributed by atoms with van der Waals surface area (Å²) in [7, 11) is 0. The molecule has 0 saturated carbocycles. The van der Waals surface area contributed by atoms with E-state index in [4.69, 9.17) is 21.2 Å². The first-order valence-electron chi connectivity index (χ1n) is 23.3. The first kappa shape index (κ1) is 16.0. The fraction of sp³-hybridized carbons (Fsp3) is 0. The largest absolute Gasteiger partial charge is 0.456 e. The first-order valence-corrected chi connectivity index (χ1v) is 15.3. The van der Waals surface area contributed by atoms with E-state index in [9.17, 15) is 9.60 Å². The molecule has 0 unspecified atom stereocenters. The molecule has 0 aliphatic carbocycles. The molecule has 230 valence electrons. The number of fused-ring (bicyclic) bond motifs is 8. The molecular weight excluding hydrogens is 599 g/mol. The minimum atomic E-state index is -0.816. The Kier molecular flexibility index (Phi) is 3.60. The molecule has 0 bridgehead atoms. The van der Waals surface area contributed by atoms with Crippen LogP contribution in [0.25, 0.3) is 76.9 Å².